The predicted molar refractivity (Wildman–Crippen MR) is 108 cm³/mol. The summed E-state index contributed by atoms with van der Waals surface area (Å²) in [5, 5.41) is 0.279. The number of piperidine rings is 1. The number of carbonyl (C=O) groups excluding carboxylic acids is 2. The van der Waals surface area contributed by atoms with Crippen LogP contribution in [0.2, 0.25) is 0 Å². The van der Waals surface area contributed by atoms with E-state index in [1.54, 1.807) is 33.2 Å². The van der Waals surface area contributed by atoms with E-state index in [1.165, 1.54) is 4.90 Å². The van der Waals surface area contributed by atoms with E-state index in [0.29, 0.717) is 18.8 Å². The second-order valence-corrected chi connectivity index (χ2v) is 10.3. The van der Waals surface area contributed by atoms with E-state index in [-0.39, 0.29) is 23.0 Å². The number of hydrogen-bond acceptors (Lipinski definition) is 7. The minimum atomic E-state index is -1.30. The molecule has 0 N–H and O–H groups in total. The first-order valence-corrected chi connectivity index (χ1v) is 11.8. The molecule has 3 atom stereocenters. The maximum Gasteiger partial charge on any atom is 0.417 e. The summed E-state index contributed by atoms with van der Waals surface area (Å²) in [6.45, 7) is 5.69. The summed E-state index contributed by atoms with van der Waals surface area (Å²) >= 11 is 0. The Morgan fingerprint density at radius 2 is 1.93 bits per heavy atom. The van der Waals surface area contributed by atoms with Gasteiger partial charge >= 0.3 is 6.09 Å². The summed E-state index contributed by atoms with van der Waals surface area (Å²) in [5.41, 5.74) is 0.261. The maximum absolute atomic E-state index is 13.5. The van der Waals surface area contributed by atoms with Crippen LogP contribution in [0, 0.1) is 0 Å². The van der Waals surface area contributed by atoms with E-state index in [0.717, 1.165) is 31.2 Å². The van der Waals surface area contributed by atoms with Gasteiger partial charge in [-0.1, -0.05) is 12.8 Å². The molecular weight excluding hydrogens is 392 g/mol. The Hall–Kier alpha value is -2.03. The average molecular weight is 421 g/mol. The minimum Gasteiger partial charge on any atom is -0.443 e. The van der Waals surface area contributed by atoms with Gasteiger partial charge in [0.2, 0.25) is 5.16 Å². The van der Waals surface area contributed by atoms with Crippen LogP contribution in [0.5, 0.6) is 0 Å². The number of ether oxygens (including phenoxy) is 1. The van der Waals surface area contributed by atoms with Crippen LogP contribution in [-0.2, 0) is 20.3 Å². The van der Waals surface area contributed by atoms with Crippen molar-refractivity contribution in [2.24, 2.45) is 0 Å². The first-order valence-electron chi connectivity index (χ1n) is 10.2. The molecule has 1 aromatic heterocycles. The Morgan fingerprint density at radius 1 is 1.24 bits per heavy atom. The monoisotopic (exact) mass is 420 g/mol. The summed E-state index contributed by atoms with van der Waals surface area (Å²) in [4.78, 5) is 38.3. The quantitative estimate of drug-likeness (QED) is 0.679. The fourth-order valence-electron chi connectivity index (χ4n) is 4.69. The van der Waals surface area contributed by atoms with Gasteiger partial charge in [-0.3, -0.25) is 9.00 Å². The van der Waals surface area contributed by atoms with Crippen LogP contribution in [0.3, 0.4) is 0 Å². The first kappa shape index (κ1) is 20.3. The number of fused-ring (bicyclic) bond motifs is 3. The fourth-order valence-corrected chi connectivity index (χ4v) is 5.11. The molecule has 1 saturated heterocycles. The molecule has 0 radical (unpaired) electrons. The van der Waals surface area contributed by atoms with E-state index in [2.05, 4.69) is 14.9 Å². The molecule has 3 aliphatic rings. The standard InChI is InChI=1S/C20H28N4O4S/c1-20(2,3)28-19(26)23-10-9-13-14-11-21-18(29(4)27)22-16(14)24(15(13)17(23)25)12-7-5-6-8-12/h11-13,15H,5-10H2,1-4H3/t13?,15-,29?/m0/s1. The third kappa shape index (κ3) is 3.65. The summed E-state index contributed by atoms with van der Waals surface area (Å²) in [6, 6.07) is -0.288. The van der Waals surface area contributed by atoms with E-state index >= 15 is 0 Å². The molecule has 2 aliphatic heterocycles. The molecule has 29 heavy (non-hydrogen) atoms. The fraction of sp³-hybridized carbons (Fsp3) is 0.700. The van der Waals surface area contributed by atoms with Crippen molar-refractivity contribution < 1.29 is 18.5 Å². The third-order valence-corrected chi connectivity index (χ3v) is 6.58. The molecule has 4 rings (SSSR count). The number of likely N-dealkylation sites (tertiary alicyclic amines) is 1. The number of anilines is 1. The normalized spacial score (nSPS) is 25.7. The highest BCUT2D eigenvalue weighted by atomic mass is 32.2. The van der Waals surface area contributed by atoms with E-state index in [1.807, 2.05) is 0 Å². The third-order valence-electron chi connectivity index (χ3n) is 5.87. The molecule has 0 spiro atoms. The van der Waals surface area contributed by atoms with Gasteiger partial charge in [0.15, 0.2) is 0 Å². The van der Waals surface area contributed by atoms with Crippen LogP contribution in [0.1, 0.15) is 64.4 Å². The van der Waals surface area contributed by atoms with Crippen molar-refractivity contribution in [1.29, 1.82) is 0 Å². The zero-order valence-corrected chi connectivity index (χ0v) is 18.2. The van der Waals surface area contributed by atoms with Crippen LogP contribution >= 0.6 is 0 Å². The average Bonchev–Trinajstić information content (AvgIpc) is 3.25. The Balaban J connectivity index is 1.70. The zero-order chi connectivity index (χ0) is 20.9. The number of nitrogens with zero attached hydrogens (tertiary/aromatic N) is 4. The van der Waals surface area contributed by atoms with E-state index in [9.17, 15) is 13.8 Å². The number of aromatic nitrogens is 2. The highest BCUT2D eigenvalue weighted by Crippen LogP contribution is 2.47. The lowest BCUT2D eigenvalue weighted by molar-refractivity contribution is -0.134. The summed E-state index contributed by atoms with van der Waals surface area (Å²) in [7, 11) is -1.30. The van der Waals surface area contributed by atoms with Crippen LogP contribution in [0.25, 0.3) is 0 Å². The highest BCUT2D eigenvalue weighted by Gasteiger charge is 2.52. The number of rotatable bonds is 2. The Kier molecular flexibility index (Phi) is 5.13. The first-order chi connectivity index (χ1) is 13.7. The number of carbonyl (C=O) groups is 2. The lowest BCUT2D eigenvalue weighted by Crippen LogP contribution is -2.57. The van der Waals surface area contributed by atoms with E-state index < -0.39 is 28.5 Å². The van der Waals surface area contributed by atoms with Crippen LogP contribution in [-0.4, -0.2) is 61.6 Å². The lowest BCUT2D eigenvalue weighted by Gasteiger charge is -2.39. The molecule has 1 aliphatic carbocycles. The van der Waals surface area contributed by atoms with Crippen molar-refractivity contribution >= 4 is 28.6 Å². The number of imide groups is 1. The smallest absolute Gasteiger partial charge is 0.417 e. The van der Waals surface area contributed by atoms with Gasteiger partial charge in [-0.25, -0.2) is 19.7 Å². The molecular formula is C20H28N4O4S. The summed E-state index contributed by atoms with van der Waals surface area (Å²) in [5.74, 6) is 0.419. The summed E-state index contributed by atoms with van der Waals surface area (Å²) < 4.78 is 17.4. The highest BCUT2D eigenvalue weighted by molar-refractivity contribution is 7.84. The van der Waals surface area contributed by atoms with Gasteiger partial charge < -0.3 is 9.64 Å². The molecule has 1 saturated carbocycles. The van der Waals surface area contributed by atoms with Gasteiger partial charge in [-0.15, -0.1) is 0 Å². The van der Waals surface area contributed by atoms with Crippen LogP contribution in [0.15, 0.2) is 11.4 Å². The van der Waals surface area contributed by atoms with Gasteiger partial charge in [-0.2, -0.15) is 0 Å². The molecule has 2 fully saturated rings. The second-order valence-electron chi connectivity index (χ2n) is 9.04. The second kappa shape index (κ2) is 7.34. The Bertz CT molecular complexity index is 863. The molecule has 9 heteroatoms. The Labute approximate surface area is 173 Å². The predicted octanol–water partition coefficient (Wildman–Crippen LogP) is 2.60. The molecule has 1 aromatic rings. The molecule has 0 bridgehead atoms. The molecule has 8 nitrogen and oxygen atoms in total. The molecule has 3 heterocycles. The topological polar surface area (TPSA) is 92.7 Å². The Morgan fingerprint density at radius 3 is 2.55 bits per heavy atom. The van der Waals surface area contributed by atoms with Gasteiger partial charge in [0.25, 0.3) is 5.91 Å². The van der Waals surface area contributed by atoms with Gasteiger partial charge in [0.1, 0.15) is 17.5 Å². The van der Waals surface area contributed by atoms with Crippen molar-refractivity contribution in [1.82, 2.24) is 14.9 Å². The van der Waals surface area contributed by atoms with Gasteiger partial charge in [0.05, 0.1) is 10.8 Å². The number of amides is 2. The lowest BCUT2D eigenvalue weighted by atomic mass is 9.88. The van der Waals surface area contributed by atoms with Crippen molar-refractivity contribution in [3.63, 3.8) is 0 Å². The largest absolute Gasteiger partial charge is 0.443 e. The van der Waals surface area contributed by atoms with E-state index in [4.69, 9.17) is 4.74 Å². The van der Waals surface area contributed by atoms with Gasteiger partial charge in [0, 0.05) is 36.5 Å². The van der Waals surface area contributed by atoms with Crippen molar-refractivity contribution in [2.45, 2.75) is 81.6 Å². The van der Waals surface area contributed by atoms with Crippen molar-refractivity contribution in [3.8, 4) is 0 Å². The molecule has 2 unspecified atom stereocenters. The van der Waals surface area contributed by atoms with Crippen molar-refractivity contribution in [2.75, 3.05) is 17.7 Å². The van der Waals surface area contributed by atoms with Crippen molar-refractivity contribution in [3.05, 3.63) is 11.8 Å². The van der Waals surface area contributed by atoms with Crippen LogP contribution < -0.4 is 4.90 Å². The molecule has 158 valence electrons. The van der Waals surface area contributed by atoms with Gasteiger partial charge in [-0.05, 0) is 40.0 Å². The SMILES string of the molecule is CS(=O)c1ncc2c(n1)N(C1CCCC1)[C@@H]1C(=O)N(C(=O)OC(C)(C)C)CCC21. The van der Waals surface area contributed by atoms with Crippen LogP contribution in [0.4, 0.5) is 10.6 Å². The maximum atomic E-state index is 13.5. The molecule has 0 aromatic carbocycles. The minimum absolute atomic E-state index is 0.0591. The summed E-state index contributed by atoms with van der Waals surface area (Å²) in [6.07, 6.45) is 7.51. The zero-order valence-electron chi connectivity index (χ0n) is 17.4. The molecule has 2 amide bonds. The number of hydrogen-bond donors (Lipinski definition) is 0.